The quantitative estimate of drug-likeness (QED) is 0.0337. The fraction of sp³-hybridized carbons (Fsp3) is 1.00. The second-order valence-corrected chi connectivity index (χ2v) is 29.6. The van der Waals surface area contributed by atoms with Gasteiger partial charge in [0.25, 0.3) is 0 Å². The topological polar surface area (TPSA) is 55.4 Å². The van der Waals surface area contributed by atoms with E-state index in [1.165, 1.54) is 116 Å². The van der Waals surface area contributed by atoms with Gasteiger partial charge in [0.15, 0.2) is 0 Å². The lowest BCUT2D eigenvalue weighted by molar-refractivity contribution is 0.0239. The Labute approximate surface area is 421 Å². The van der Waals surface area contributed by atoms with E-state index in [1.807, 2.05) is 31.4 Å². The third-order valence-electron chi connectivity index (χ3n) is 14.0. The van der Waals surface area contributed by atoms with Crippen molar-refractivity contribution < 1.29 is 26.6 Å². The molecule has 0 aromatic rings. The van der Waals surface area contributed by atoms with E-state index in [0.717, 1.165) is 115 Å². The maximum absolute atomic E-state index is 7.09. The lowest BCUT2D eigenvalue weighted by Gasteiger charge is -2.34. The van der Waals surface area contributed by atoms with E-state index in [9.17, 15) is 0 Å². The minimum absolute atomic E-state index is 0.569. The van der Waals surface area contributed by atoms with Crippen molar-refractivity contribution in [3.05, 3.63) is 0 Å². The van der Waals surface area contributed by atoms with E-state index in [1.54, 1.807) is 0 Å². The van der Waals surface area contributed by atoms with Crippen LogP contribution in [0.3, 0.4) is 0 Å². The molecule has 0 aromatic heterocycles. The first-order chi connectivity index (χ1) is 31.7. The van der Waals surface area contributed by atoms with Crippen molar-refractivity contribution in [3.63, 3.8) is 0 Å². The van der Waals surface area contributed by atoms with Crippen LogP contribution in [-0.4, -0.2) is 68.8 Å². The molecule has 0 bridgehead atoms. The minimum Gasteiger partial charge on any atom is -0.373 e. The molecule has 0 aliphatic rings. The summed E-state index contributed by atoms with van der Waals surface area (Å²) >= 11 is 0. The molecular weight excluding hydrogens is 897 g/mol. The Kier molecular flexibility index (Phi) is 47.2. The van der Waals surface area contributed by atoms with Crippen LogP contribution < -0.4 is 0 Å². The summed E-state index contributed by atoms with van der Waals surface area (Å²) in [4.78, 5) is 0. The van der Waals surface area contributed by atoms with Crippen LogP contribution in [0.15, 0.2) is 0 Å². The van der Waals surface area contributed by atoms with E-state index in [-0.39, 0.29) is 0 Å². The zero-order chi connectivity index (χ0) is 48.3. The summed E-state index contributed by atoms with van der Waals surface area (Å²) in [6, 6.07) is 1.82. The number of rotatable bonds is 52. The molecule has 0 rings (SSSR count). The average Bonchev–Trinajstić information content (AvgIpc) is 3.33. The normalized spacial score (nSPS) is 16.8. The molecule has 11 heteroatoms. The van der Waals surface area contributed by atoms with E-state index in [0.29, 0.717) is 35.5 Å². The van der Waals surface area contributed by atoms with Crippen molar-refractivity contribution in [3.8, 4) is 0 Å². The van der Waals surface area contributed by atoms with Crippen molar-refractivity contribution in [1.82, 2.24) is 0 Å². The molecule has 65 heavy (non-hydrogen) atoms. The average molecular weight is 1010 g/mol. The molecule has 0 fully saturated rings. The van der Waals surface area contributed by atoms with Crippen molar-refractivity contribution in [2.45, 2.75) is 262 Å². The van der Waals surface area contributed by atoms with E-state index in [4.69, 9.17) is 26.6 Å². The Morgan fingerprint density at radius 1 is 0.292 bits per heavy atom. The number of hydrogen-bond acceptors (Lipinski definition) is 9. The fourth-order valence-corrected chi connectivity index (χ4v) is 18.3. The minimum atomic E-state index is -2.90. The second kappa shape index (κ2) is 46.3. The third kappa shape index (κ3) is 34.3. The second-order valence-electron chi connectivity index (χ2n) is 19.7. The van der Waals surface area contributed by atoms with Gasteiger partial charge in [-0.2, -0.15) is 0 Å². The summed E-state index contributed by atoms with van der Waals surface area (Å²) in [5.41, 5.74) is 0. The van der Waals surface area contributed by atoms with Gasteiger partial charge in [-0.05, 0) is 96.7 Å². The van der Waals surface area contributed by atoms with Crippen LogP contribution in [0.2, 0.25) is 12.1 Å². The molecule has 6 atom stereocenters. The van der Waals surface area contributed by atoms with Crippen LogP contribution in [0.1, 0.15) is 250 Å². The first-order valence-electron chi connectivity index (χ1n) is 28.4. The van der Waals surface area contributed by atoms with Gasteiger partial charge < -0.3 is 26.6 Å². The number of hydrogen-bond donors (Lipinski definition) is 0. The molecule has 0 aliphatic heterocycles. The smallest absolute Gasteiger partial charge is 0.373 e. The summed E-state index contributed by atoms with van der Waals surface area (Å²) in [5.74, 6) is 5.57. The SMILES string of the molecule is CCCCC(CC)CO[Si](CCCSSSCCC[Si](OCC(CC)CCCC)(OCC(CC)CCCC)OCC(CC)CCCC)(OCC(CC)CCCC)OCC(CC)CCCC. The summed E-state index contributed by atoms with van der Waals surface area (Å²) in [7, 11) is 0.158. The van der Waals surface area contributed by atoms with Gasteiger partial charge in [0.2, 0.25) is 0 Å². The van der Waals surface area contributed by atoms with E-state index < -0.39 is 17.6 Å². The molecule has 6 nitrogen and oxygen atoms in total. The highest BCUT2D eigenvalue weighted by atomic mass is 33.5. The highest BCUT2D eigenvalue weighted by Crippen LogP contribution is 2.38. The Morgan fingerprint density at radius 3 is 0.662 bits per heavy atom. The van der Waals surface area contributed by atoms with Gasteiger partial charge in [-0.1, -0.05) is 220 Å². The van der Waals surface area contributed by atoms with Gasteiger partial charge in [-0.25, -0.2) is 0 Å². The summed E-state index contributed by atoms with van der Waals surface area (Å²) in [6.45, 7) is 32.4. The first-order valence-corrected chi connectivity index (χ1v) is 36.1. The van der Waals surface area contributed by atoms with Gasteiger partial charge in [0, 0.05) is 63.2 Å². The van der Waals surface area contributed by atoms with Gasteiger partial charge in [0.1, 0.15) is 0 Å². The Bertz CT molecular complexity index is 814. The first kappa shape index (κ1) is 66.2. The summed E-state index contributed by atoms with van der Waals surface area (Å²) < 4.78 is 42.6. The molecule has 0 heterocycles. The van der Waals surface area contributed by atoms with Crippen molar-refractivity contribution >= 4 is 49.0 Å². The van der Waals surface area contributed by atoms with E-state index in [2.05, 4.69) is 83.1 Å². The van der Waals surface area contributed by atoms with Crippen molar-refractivity contribution in [2.24, 2.45) is 35.5 Å². The van der Waals surface area contributed by atoms with Crippen molar-refractivity contribution in [2.75, 3.05) is 51.1 Å². The molecule has 392 valence electrons. The molecule has 6 unspecified atom stereocenters. The maximum atomic E-state index is 7.09. The molecule has 0 spiro atoms. The molecule has 0 N–H and O–H groups in total. The summed E-state index contributed by atoms with van der Waals surface area (Å²) in [5, 5.41) is 0. The lowest BCUT2D eigenvalue weighted by atomic mass is 10.0. The Morgan fingerprint density at radius 2 is 0.492 bits per heavy atom. The predicted molar refractivity (Wildman–Crippen MR) is 298 cm³/mol. The van der Waals surface area contributed by atoms with Gasteiger partial charge >= 0.3 is 17.6 Å². The largest absolute Gasteiger partial charge is 0.501 e. The van der Waals surface area contributed by atoms with Crippen LogP contribution in [0.25, 0.3) is 0 Å². The molecule has 0 aliphatic carbocycles. The van der Waals surface area contributed by atoms with Crippen LogP contribution in [-0.2, 0) is 26.6 Å². The van der Waals surface area contributed by atoms with Gasteiger partial charge in [0.05, 0.1) is 0 Å². The van der Waals surface area contributed by atoms with Gasteiger partial charge in [-0.3, -0.25) is 0 Å². The standard InChI is InChI=1S/C54H114O6S3Si2/c1-13-25-33-49(19-7)43-55-64(56-44-50(20-8)34-26-14-2,57-45-51(21-9)35-27-15-3)41-31-39-61-63-62-40-32-42-65(58-46-52(22-10)36-28-16-4,59-47-53(23-11)37-29-17-5)60-48-54(24-12)38-30-18-6/h49-54H,13-48H2,1-12H3. The fourth-order valence-electron chi connectivity index (χ4n) is 8.34. The molecule has 0 saturated heterocycles. The van der Waals surface area contributed by atoms with Crippen LogP contribution in [0.5, 0.6) is 0 Å². The van der Waals surface area contributed by atoms with Crippen LogP contribution in [0.4, 0.5) is 0 Å². The Hall–Kier alpha value is 1.24. The third-order valence-corrected chi connectivity index (χ3v) is 24.0. The molecular formula is C54H114O6S3Si2. The molecule has 0 aromatic carbocycles. The maximum Gasteiger partial charge on any atom is 0.501 e. The predicted octanol–water partition coefficient (Wildman–Crippen LogP) is 19.1. The van der Waals surface area contributed by atoms with Crippen LogP contribution in [0, 0.1) is 35.5 Å². The monoisotopic (exact) mass is 1010 g/mol. The van der Waals surface area contributed by atoms with Crippen LogP contribution >= 0.6 is 31.4 Å². The van der Waals surface area contributed by atoms with Gasteiger partial charge in [-0.15, -0.1) is 0 Å². The Balaban J connectivity index is 6.00. The number of unbranched alkanes of at least 4 members (excludes halogenated alkanes) is 6. The van der Waals surface area contributed by atoms with Crippen molar-refractivity contribution in [1.29, 1.82) is 0 Å². The summed E-state index contributed by atoms with van der Waals surface area (Å²) in [6.07, 6.45) is 31.4. The zero-order valence-corrected chi connectivity index (χ0v) is 50.0. The highest BCUT2D eigenvalue weighted by molar-refractivity contribution is 9.09. The molecule has 0 amide bonds. The lowest BCUT2D eigenvalue weighted by Crippen LogP contribution is -2.48. The molecule has 0 saturated carbocycles. The molecule has 0 radical (unpaired) electrons. The zero-order valence-electron chi connectivity index (χ0n) is 45.6. The van der Waals surface area contributed by atoms with E-state index >= 15 is 0 Å². The highest BCUT2D eigenvalue weighted by Gasteiger charge is 2.44.